The molecule has 108 valence electrons. The summed E-state index contributed by atoms with van der Waals surface area (Å²) >= 11 is 5.98. The van der Waals surface area contributed by atoms with Crippen LogP contribution < -0.4 is 5.43 Å². The van der Waals surface area contributed by atoms with Crippen LogP contribution in [-0.4, -0.2) is 49.9 Å². The van der Waals surface area contributed by atoms with Crippen molar-refractivity contribution in [3.8, 4) is 0 Å². The lowest BCUT2D eigenvalue weighted by Gasteiger charge is -2.25. The summed E-state index contributed by atoms with van der Waals surface area (Å²) in [5, 5.41) is 4.52. The first-order valence-corrected chi connectivity index (χ1v) is 7.00. The lowest BCUT2D eigenvalue weighted by molar-refractivity contribution is -0.121. The quantitative estimate of drug-likeness (QED) is 0.662. The number of carbonyl (C=O) groups is 1. The van der Waals surface area contributed by atoms with E-state index in [1.807, 2.05) is 18.2 Å². The first-order valence-electron chi connectivity index (χ1n) is 6.62. The Morgan fingerprint density at radius 2 is 2.15 bits per heavy atom. The fourth-order valence-electron chi connectivity index (χ4n) is 1.89. The molecule has 0 radical (unpaired) electrons. The van der Waals surface area contributed by atoms with E-state index >= 15 is 0 Å². The van der Waals surface area contributed by atoms with Gasteiger partial charge in [0.2, 0.25) is 5.91 Å². The lowest BCUT2D eigenvalue weighted by atomic mass is 10.2. The van der Waals surface area contributed by atoms with Crippen molar-refractivity contribution in [2.45, 2.75) is 6.42 Å². The Morgan fingerprint density at radius 3 is 2.90 bits per heavy atom. The van der Waals surface area contributed by atoms with Crippen LogP contribution in [0.5, 0.6) is 0 Å². The van der Waals surface area contributed by atoms with Crippen LogP contribution >= 0.6 is 11.6 Å². The van der Waals surface area contributed by atoms with Crippen LogP contribution in [0.1, 0.15) is 12.0 Å². The SMILES string of the molecule is O=C(CCN1CCOCC1)N/N=C/c1ccccc1Cl. The molecule has 1 amide bonds. The molecule has 6 heteroatoms. The number of carbonyl (C=O) groups excluding carboxylic acids is 1. The number of hydrazone groups is 1. The monoisotopic (exact) mass is 295 g/mol. The number of morpholine rings is 1. The van der Waals surface area contributed by atoms with Crippen LogP contribution in [0.25, 0.3) is 0 Å². The highest BCUT2D eigenvalue weighted by atomic mass is 35.5. The molecule has 0 unspecified atom stereocenters. The topological polar surface area (TPSA) is 53.9 Å². The molecule has 0 aromatic heterocycles. The Labute approximate surface area is 123 Å². The number of nitrogens with one attached hydrogen (secondary N) is 1. The molecule has 1 heterocycles. The number of ether oxygens (including phenoxy) is 1. The molecule has 0 aliphatic carbocycles. The van der Waals surface area contributed by atoms with Gasteiger partial charge in [-0.1, -0.05) is 29.8 Å². The number of hydrogen-bond acceptors (Lipinski definition) is 4. The maximum atomic E-state index is 11.6. The van der Waals surface area contributed by atoms with Crippen molar-refractivity contribution in [2.24, 2.45) is 5.10 Å². The fourth-order valence-corrected chi connectivity index (χ4v) is 2.08. The molecule has 1 aromatic rings. The average Bonchev–Trinajstić information content (AvgIpc) is 2.48. The highest BCUT2D eigenvalue weighted by molar-refractivity contribution is 6.33. The minimum Gasteiger partial charge on any atom is -0.379 e. The number of amides is 1. The van der Waals surface area contributed by atoms with Crippen molar-refractivity contribution in [3.05, 3.63) is 34.9 Å². The second kappa shape index (κ2) is 7.99. The molecule has 1 fully saturated rings. The van der Waals surface area contributed by atoms with E-state index in [4.69, 9.17) is 16.3 Å². The molecule has 0 spiro atoms. The Morgan fingerprint density at radius 1 is 1.40 bits per heavy atom. The fraction of sp³-hybridized carbons (Fsp3) is 0.429. The van der Waals surface area contributed by atoms with Crippen molar-refractivity contribution < 1.29 is 9.53 Å². The van der Waals surface area contributed by atoms with Crippen LogP contribution in [0.15, 0.2) is 29.4 Å². The summed E-state index contributed by atoms with van der Waals surface area (Å²) < 4.78 is 5.25. The van der Waals surface area contributed by atoms with Gasteiger partial charge < -0.3 is 4.74 Å². The van der Waals surface area contributed by atoms with Crippen LogP contribution in [-0.2, 0) is 9.53 Å². The predicted octanol–water partition coefficient (Wildman–Crippen LogP) is 1.51. The van der Waals surface area contributed by atoms with E-state index in [1.165, 1.54) is 0 Å². The third-order valence-electron chi connectivity index (χ3n) is 3.06. The normalized spacial score (nSPS) is 16.4. The molecule has 2 rings (SSSR count). The smallest absolute Gasteiger partial charge is 0.241 e. The van der Waals surface area contributed by atoms with Gasteiger partial charge in [-0.05, 0) is 6.07 Å². The van der Waals surface area contributed by atoms with Crippen molar-refractivity contribution in [1.29, 1.82) is 0 Å². The summed E-state index contributed by atoms with van der Waals surface area (Å²) in [7, 11) is 0. The predicted molar refractivity (Wildman–Crippen MR) is 79.1 cm³/mol. The van der Waals surface area contributed by atoms with Gasteiger partial charge >= 0.3 is 0 Å². The standard InChI is InChI=1S/C14H18ClN3O2/c15-13-4-2-1-3-12(13)11-16-17-14(19)5-6-18-7-9-20-10-8-18/h1-4,11H,5-10H2,(H,17,19)/b16-11+. The molecule has 1 N–H and O–H groups in total. The van der Waals surface area contributed by atoms with Gasteiger partial charge in [-0.3, -0.25) is 9.69 Å². The maximum absolute atomic E-state index is 11.6. The Kier molecular flexibility index (Phi) is 5.98. The molecular weight excluding hydrogens is 278 g/mol. The van der Waals surface area contributed by atoms with Gasteiger partial charge in [-0.2, -0.15) is 5.10 Å². The highest BCUT2D eigenvalue weighted by Crippen LogP contribution is 2.11. The van der Waals surface area contributed by atoms with E-state index in [-0.39, 0.29) is 5.91 Å². The largest absolute Gasteiger partial charge is 0.379 e. The third-order valence-corrected chi connectivity index (χ3v) is 3.40. The minimum atomic E-state index is -0.0974. The van der Waals surface area contributed by atoms with Crippen LogP contribution in [0.2, 0.25) is 5.02 Å². The van der Waals surface area contributed by atoms with Crippen molar-refractivity contribution in [3.63, 3.8) is 0 Å². The second-order valence-electron chi connectivity index (χ2n) is 4.52. The number of benzene rings is 1. The summed E-state index contributed by atoms with van der Waals surface area (Å²) in [4.78, 5) is 13.9. The zero-order valence-electron chi connectivity index (χ0n) is 11.2. The number of nitrogens with zero attached hydrogens (tertiary/aromatic N) is 2. The van der Waals surface area contributed by atoms with Crippen LogP contribution in [0, 0.1) is 0 Å². The zero-order valence-corrected chi connectivity index (χ0v) is 12.0. The summed E-state index contributed by atoms with van der Waals surface area (Å²) in [6, 6.07) is 7.34. The molecule has 0 bridgehead atoms. The molecule has 1 aliphatic rings. The van der Waals surface area contributed by atoms with Gasteiger partial charge in [-0.15, -0.1) is 0 Å². The van der Waals surface area contributed by atoms with Gasteiger partial charge in [0.1, 0.15) is 0 Å². The lowest BCUT2D eigenvalue weighted by Crippen LogP contribution is -2.38. The molecule has 1 aromatic carbocycles. The van der Waals surface area contributed by atoms with Crippen molar-refractivity contribution in [1.82, 2.24) is 10.3 Å². The summed E-state index contributed by atoms with van der Waals surface area (Å²) in [6.45, 7) is 3.99. The summed E-state index contributed by atoms with van der Waals surface area (Å²) in [5.41, 5.74) is 3.29. The van der Waals surface area contributed by atoms with Crippen molar-refractivity contribution in [2.75, 3.05) is 32.8 Å². The van der Waals surface area contributed by atoms with Crippen LogP contribution in [0.3, 0.4) is 0 Å². The molecule has 20 heavy (non-hydrogen) atoms. The molecule has 5 nitrogen and oxygen atoms in total. The third kappa shape index (κ3) is 4.92. The van der Waals surface area contributed by atoms with Gasteiger partial charge in [0.05, 0.1) is 19.4 Å². The van der Waals surface area contributed by atoms with Crippen molar-refractivity contribution >= 4 is 23.7 Å². The van der Waals surface area contributed by atoms with E-state index < -0.39 is 0 Å². The van der Waals surface area contributed by atoms with E-state index in [0.717, 1.165) is 38.4 Å². The highest BCUT2D eigenvalue weighted by Gasteiger charge is 2.11. The first-order chi connectivity index (χ1) is 9.75. The summed E-state index contributed by atoms with van der Waals surface area (Å²) in [6.07, 6.45) is 1.98. The van der Waals surface area contributed by atoms with E-state index in [0.29, 0.717) is 11.4 Å². The second-order valence-corrected chi connectivity index (χ2v) is 4.93. The Hall–Kier alpha value is -1.43. The molecule has 1 saturated heterocycles. The molecule has 1 aliphatic heterocycles. The Balaban J connectivity index is 1.70. The average molecular weight is 296 g/mol. The van der Waals surface area contributed by atoms with E-state index in [9.17, 15) is 4.79 Å². The molecule has 0 saturated carbocycles. The maximum Gasteiger partial charge on any atom is 0.241 e. The molecular formula is C14H18ClN3O2. The summed E-state index contributed by atoms with van der Waals surface area (Å²) in [5.74, 6) is -0.0974. The van der Waals surface area contributed by atoms with Gasteiger partial charge in [0.25, 0.3) is 0 Å². The van der Waals surface area contributed by atoms with Gasteiger partial charge in [0, 0.05) is 36.6 Å². The van der Waals surface area contributed by atoms with Gasteiger partial charge in [0.15, 0.2) is 0 Å². The number of rotatable bonds is 5. The first kappa shape index (κ1) is 15.0. The number of halogens is 1. The van der Waals surface area contributed by atoms with Gasteiger partial charge in [-0.25, -0.2) is 5.43 Å². The minimum absolute atomic E-state index is 0.0974. The zero-order chi connectivity index (χ0) is 14.2. The van der Waals surface area contributed by atoms with E-state index in [2.05, 4.69) is 15.4 Å². The number of hydrogen-bond donors (Lipinski definition) is 1. The van der Waals surface area contributed by atoms with Crippen LogP contribution in [0.4, 0.5) is 0 Å². The Bertz CT molecular complexity index is 473. The van der Waals surface area contributed by atoms with E-state index in [1.54, 1.807) is 12.3 Å². The molecule has 0 atom stereocenters.